The lowest BCUT2D eigenvalue weighted by Crippen LogP contribution is -2.31. The molecule has 5 nitrogen and oxygen atoms in total. The second kappa shape index (κ2) is 4.93. The normalized spacial score (nSPS) is 13.1. The molecule has 1 unspecified atom stereocenters. The number of hydrogen-bond donors (Lipinski definition) is 2. The second-order valence-corrected chi connectivity index (χ2v) is 3.92. The SMILES string of the molecule is CC(C)C(C(N)=O)n1cncc1CCN. The topological polar surface area (TPSA) is 86.9 Å². The summed E-state index contributed by atoms with van der Waals surface area (Å²) in [5, 5.41) is 0. The van der Waals surface area contributed by atoms with E-state index in [2.05, 4.69) is 4.98 Å². The Bertz CT molecular complexity index is 332. The van der Waals surface area contributed by atoms with E-state index in [-0.39, 0.29) is 17.9 Å². The summed E-state index contributed by atoms with van der Waals surface area (Å²) in [5.74, 6) is -0.186. The predicted octanol–water partition coefficient (Wildman–Crippen LogP) is 0.0667. The van der Waals surface area contributed by atoms with Gasteiger partial charge in [0.25, 0.3) is 0 Å². The van der Waals surface area contributed by atoms with Crippen molar-refractivity contribution in [2.24, 2.45) is 17.4 Å². The Morgan fingerprint density at radius 1 is 1.60 bits per heavy atom. The molecule has 0 aliphatic heterocycles. The lowest BCUT2D eigenvalue weighted by molar-refractivity contribution is -0.122. The number of imidazole rings is 1. The molecule has 5 heteroatoms. The van der Waals surface area contributed by atoms with Crippen molar-refractivity contribution >= 4 is 5.91 Å². The molecule has 0 fully saturated rings. The van der Waals surface area contributed by atoms with Gasteiger partial charge in [0, 0.05) is 18.3 Å². The highest BCUT2D eigenvalue weighted by Crippen LogP contribution is 2.19. The molecule has 1 amide bonds. The summed E-state index contributed by atoms with van der Waals surface area (Å²) in [7, 11) is 0. The Morgan fingerprint density at radius 3 is 2.73 bits per heavy atom. The Kier molecular flexibility index (Phi) is 3.85. The molecule has 0 aliphatic carbocycles. The van der Waals surface area contributed by atoms with Gasteiger partial charge in [0.2, 0.25) is 5.91 Å². The van der Waals surface area contributed by atoms with E-state index in [9.17, 15) is 4.79 Å². The highest BCUT2D eigenvalue weighted by atomic mass is 16.1. The maximum atomic E-state index is 11.3. The van der Waals surface area contributed by atoms with Crippen LogP contribution in [0.2, 0.25) is 0 Å². The van der Waals surface area contributed by atoms with E-state index in [0.717, 1.165) is 5.69 Å². The van der Waals surface area contributed by atoms with Crippen LogP contribution in [0.25, 0.3) is 0 Å². The van der Waals surface area contributed by atoms with Gasteiger partial charge in [-0.15, -0.1) is 0 Å². The van der Waals surface area contributed by atoms with Crippen LogP contribution in [0.15, 0.2) is 12.5 Å². The second-order valence-electron chi connectivity index (χ2n) is 3.92. The molecule has 0 spiro atoms. The largest absolute Gasteiger partial charge is 0.368 e. The van der Waals surface area contributed by atoms with Crippen molar-refractivity contribution in [3.8, 4) is 0 Å². The number of hydrogen-bond acceptors (Lipinski definition) is 3. The summed E-state index contributed by atoms with van der Waals surface area (Å²) in [6.45, 7) is 4.46. The maximum Gasteiger partial charge on any atom is 0.240 e. The van der Waals surface area contributed by atoms with Crippen LogP contribution in [-0.4, -0.2) is 22.0 Å². The van der Waals surface area contributed by atoms with E-state index in [0.29, 0.717) is 13.0 Å². The lowest BCUT2D eigenvalue weighted by Gasteiger charge is -2.21. The minimum atomic E-state index is -0.339. The lowest BCUT2D eigenvalue weighted by atomic mass is 10.0. The molecule has 15 heavy (non-hydrogen) atoms. The maximum absolute atomic E-state index is 11.3. The summed E-state index contributed by atoms with van der Waals surface area (Å²) in [6, 6.07) is -0.339. The molecule has 0 bridgehead atoms. The molecule has 0 saturated heterocycles. The molecule has 1 aromatic rings. The minimum Gasteiger partial charge on any atom is -0.368 e. The van der Waals surface area contributed by atoms with E-state index in [1.807, 2.05) is 18.4 Å². The number of nitrogens with zero attached hydrogens (tertiary/aromatic N) is 2. The van der Waals surface area contributed by atoms with Gasteiger partial charge < -0.3 is 16.0 Å². The van der Waals surface area contributed by atoms with Gasteiger partial charge in [-0.25, -0.2) is 4.98 Å². The third-order valence-electron chi connectivity index (χ3n) is 2.37. The number of rotatable bonds is 5. The van der Waals surface area contributed by atoms with Gasteiger partial charge >= 0.3 is 0 Å². The monoisotopic (exact) mass is 210 g/mol. The van der Waals surface area contributed by atoms with Crippen LogP contribution in [0.5, 0.6) is 0 Å². The van der Waals surface area contributed by atoms with E-state index in [1.54, 1.807) is 12.5 Å². The fraction of sp³-hybridized carbons (Fsp3) is 0.600. The molecule has 0 saturated carbocycles. The van der Waals surface area contributed by atoms with E-state index in [4.69, 9.17) is 11.5 Å². The molecule has 1 aromatic heterocycles. The van der Waals surface area contributed by atoms with Crippen molar-refractivity contribution in [1.29, 1.82) is 0 Å². The van der Waals surface area contributed by atoms with Gasteiger partial charge in [0.15, 0.2) is 0 Å². The Hall–Kier alpha value is -1.36. The van der Waals surface area contributed by atoms with Crippen molar-refractivity contribution < 1.29 is 4.79 Å². The number of amides is 1. The van der Waals surface area contributed by atoms with E-state index >= 15 is 0 Å². The fourth-order valence-corrected chi connectivity index (χ4v) is 1.71. The van der Waals surface area contributed by atoms with E-state index < -0.39 is 0 Å². The van der Waals surface area contributed by atoms with Gasteiger partial charge in [0.1, 0.15) is 6.04 Å². The summed E-state index contributed by atoms with van der Waals surface area (Å²) < 4.78 is 1.82. The number of nitrogens with two attached hydrogens (primary N) is 2. The number of aromatic nitrogens is 2. The van der Waals surface area contributed by atoms with Crippen LogP contribution in [0.4, 0.5) is 0 Å². The van der Waals surface area contributed by atoms with Crippen molar-refractivity contribution in [2.75, 3.05) is 6.54 Å². The average molecular weight is 210 g/mol. The highest BCUT2D eigenvalue weighted by Gasteiger charge is 2.22. The minimum absolute atomic E-state index is 0.147. The van der Waals surface area contributed by atoms with Gasteiger partial charge in [-0.05, 0) is 12.5 Å². The zero-order valence-electron chi connectivity index (χ0n) is 9.18. The Labute approximate surface area is 89.5 Å². The number of primary amides is 1. The van der Waals surface area contributed by atoms with Crippen molar-refractivity contribution in [3.63, 3.8) is 0 Å². The number of carbonyl (C=O) groups is 1. The zero-order valence-corrected chi connectivity index (χ0v) is 9.18. The Balaban J connectivity index is 3.00. The molecule has 84 valence electrons. The van der Waals surface area contributed by atoms with E-state index in [1.165, 1.54) is 0 Å². The van der Waals surface area contributed by atoms with Crippen molar-refractivity contribution in [1.82, 2.24) is 9.55 Å². The zero-order chi connectivity index (χ0) is 11.4. The molecule has 4 N–H and O–H groups in total. The molecule has 1 atom stereocenters. The molecule has 1 rings (SSSR count). The quantitative estimate of drug-likeness (QED) is 0.720. The van der Waals surface area contributed by atoms with Crippen LogP contribution in [-0.2, 0) is 11.2 Å². The third kappa shape index (κ3) is 2.56. The standard InChI is InChI=1S/C10H18N4O/c1-7(2)9(10(12)15)14-6-13-5-8(14)3-4-11/h5-7,9H,3-4,11H2,1-2H3,(H2,12,15). The van der Waals surface area contributed by atoms with Gasteiger partial charge in [0.05, 0.1) is 6.33 Å². The molecule has 0 aromatic carbocycles. The molecule has 0 radical (unpaired) electrons. The molecule has 1 heterocycles. The van der Waals surface area contributed by atoms with Crippen LogP contribution in [0.3, 0.4) is 0 Å². The summed E-state index contributed by atoms with van der Waals surface area (Å²) in [6.07, 6.45) is 4.07. The third-order valence-corrected chi connectivity index (χ3v) is 2.37. The summed E-state index contributed by atoms with van der Waals surface area (Å²) in [5.41, 5.74) is 11.8. The fourth-order valence-electron chi connectivity index (χ4n) is 1.71. The van der Waals surface area contributed by atoms with Crippen LogP contribution >= 0.6 is 0 Å². The first-order valence-electron chi connectivity index (χ1n) is 5.08. The first kappa shape index (κ1) is 11.7. The Morgan fingerprint density at radius 2 is 2.27 bits per heavy atom. The molecule has 0 aliphatic rings. The van der Waals surface area contributed by atoms with Gasteiger partial charge in [-0.3, -0.25) is 4.79 Å². The van der Waals surface area contributed by atoms with Crippen LogP contribution in [0.1, 0.15) is 25.6 Å². The first-order valence-corrected chi connectivity index (χ1v) is 5.08. The summed E-state index contributed by atoms with van der Waals surface area (Å²) in [4.78, 5) is 15.4. The van der Waals surface area contributed by atoms with Crippen LogP contribution < -0.4 is 11.5 Å². The predicted molar refractivity (Wildman–Crippen MR) is 58.1 cm³/mol. The van der Waals surface area contributed by atoms with Crippen molar-refractivity contribution in [3.05, 3.63) is 18.2 Å². The molecular formula is C10H18N4O. The van der Waals surface area contributed by atoms with Crippen LogP contribution in [0, 0.1) is 5.92 Å². The summed E-state index contributed by atoms with van der Waals surface area (Å²) >= 11 is 0. The molecular weight excluding hydrogens is 192 g/mol. The number of carbonyl (C=O) groups excluding carboxylic acids is 1. The smallest absolute Gasteiger partial charge is 0.240 e. The van der Waals surface area contributed by atoms with Gasteiger partial charge in [-0.1, -0.05) is 13.8 Å². The highest BCUT2D eigenvalue weighted by molar-refractivity contribution is 5.78. The first-order chi connectivity index (χ1) is 7.07. The average Bonchev–Trinajstić information content (AvgIpc) is 2.53. The van der Waals surface area contributed by atoms with Gasteiger partial charge in [-0.2, -0.15) is 0 Å². The van der Waals surface area contributed by atoms with Crippen molar-refractivity contribution in [2.45, 2.75) is 26.3 Å².